The average Bonchev–Trinajstić information content (AvgIpc) is 2.02. The van der Waals surface area contributed by atoms with Gasteiger partial charge in [-0.1, -0.05) is 17.2 Å². The summed E-state index contributed by atoms with van der Waals surface area (Å²) in [6.45, 7) is 0. The van der Waals surface area contributed by atoms with E-state index >= 15 is 0 Å². The van der Waals surface area contributed by atoms with Crippen LogP contribution in [-0.4, -0.2) is 6.36 Å². The topological polar surface area (TPSA) is 58.0 Å². The highest BCUT2D eigenvalue weighted by Crippen LogP contribution is 2.26. The summed E-state index contributed by atoms with van der Waals surface area (Å²) in [4.78, 5) is 2.43. The molecule has 0 amide bonds. The summed E-state index contributed by atoms with van der Waals surface area (Å²) >= 11 is 0. The van der Waals surface area contributed by atoms with Gasteiger partial charge >= 0.3 is 6.36 Å². The van der Waals surface area contributed by atoms with Gasteiger partial charge in [-0.05, 0) is 17.7 Å². The Morgan fingerprint density at radius 3 is 2.64 bits per heavy atom. The highest BCUT2D eigenvalue weighted by atomic mass is 19.4. The number of ether oxygens (including phenoxy) is 1. The first-order chi connectivity index (χ1) is 6.51. The summed E-state index contributed by atoms with van der Waals surface area (Å²) in [6, 6.07) is 4.77. The first-order valence-electron chi connectivity index (χ1n) is 3.42. The Morgan fingerprint density at radius 2 is 2.07 bits per heavy atom. The minimum atomic E-state index is -4.74. The maximum atomic E-state index is 11.7. The third-order valence-electron chi connectivity index (χ3n) is 1.21. The van der Waals surface area contributed by atoms with Gasteiger partial charge < -0.3 is 4.74 Å². The molecule has 0 bridgehead atoms. The molecule has 0 atom stereocenters. The SMILES string of the molecule is [N-]=[N+]=Nc1cccc(OC(F)(F)F)c1. The third kappa shape index (κ3) is 3.24. The number of hydrogen-bond acceptors (Lipinski definition) is 2. The van der Waals surface area contributed by atoms with E-state index in [4.69, 9.17) is 5.53 Å². The van der Waals surface area contributed by atoms with Gasteiger partial charge in [-0.2, -0.15) is 0 Å². The number of rotatable bonds is 2. The van der Waals surface area contributed by atoms with Crippen molar-refractivity contribution in [2.24, 2.45) is 5.11 Å². The van der Waals surface area contributed by atoms with Crippen molar-refractivity contribution >= 4 is 5.69 Å². The molecule has 1 rings (SSSR count). The van der Waals surface area contributed by atoms with Gasteiger partial charge in [0.1, 0.15) is 5.75 Å². The third-order valence-corrected chi connectivity index (χ3v) is 1.21. The molecule has 0 aromatic heterocycles. The number of halogens is 3. The molecule has 74 valence electrons. The van der Waals surface area contributed by atoms with E-state index in [0.29, 0.717) is 0 Å². The summed E-state index contributed by atoms with van der Waals surface area (Å²) in [5.74, 6) is -0.414. The lowest BCUT2D eigenvalue weighted by atomic mass is 10.3. The van der Waals surface area contributed by atoms with E-state index in [9.17, 15) is 13.2 Å². The largest absolute Gasteiger partial charge is 0.573 e. The Morgan fingerprint density at radius 1 is 1.36 bits per heavy atom. The number of azide groups is 1. The zero-order chi connectivity index (χ0) is 10.6. The molecule has 0 spiro atoms. The minimum Gasteiger partial charge on any atom is -0.406 e. The molecule has 0 radical (unpaired) electrons. The second kappa shape index (κ2) is 3.89. The monoisotopic (exact) mass is 203 g/mol. The molecule has 0 aliphatic rings. The van der Waals surface area contributed by atoms with Crippen molar-refractivity contribution < 1.29 is 17.9 Å². The van der Waals surface area contributed by atoms with Crippen LogP contribution in [0, 0.1) is 0 Å². The van der Waals surface area contributed by atoms with E-state index < -0.39 is 12.1 Å². The Labute approximate surface area is 76.5 Å². The smallest absolute Gasteiger partial charge is 0.406 e. The Balaban J connectivity index is 2.89. The molecule has 1 aromatic rings. The fourth-order valence-electron chi connectivity index (χ4n) is 0.794. The van der Waals surface area contributed by atoms with Crippen molar-refractivity contribution in [3.05, 3.63) is 34.7 Å². The van der Waals surface area contributed by atoms with Crippen molar-refractivity contribution in [3.8, 4) is 5.75 Å². The second-order valence-corrected chi connectivity index (χ2v) is 2.23. The lowest BCUT2D eigenvalue weighted by Gasteiger charge is -2.08. The Kier molecular flexibility index (Phi) is 2.83. The van der Waals surface area contributed by atoms with Crippen LogP contribution in [0.5, 0.6) is 5.75 Å². The predicted molar refractivity (Wildman–Crippen MR) is 41.9 cm³/mol. The minimum absolute atomic E-state index is 0.0641. The summed E-state index contributed by atoms with van der Waals surface area (Å²) < 4.78 is 38.8. The highest BCUT2D eigenvalue weighted by Gasteiger charge is 2.30. The molecule has 0 aliphatic heterocycles. The quantitative estimate of drug-likeness (QED) is 0.412. The Bertz CT molecular complexity index is 371. The first kappa shape index (κ1) is 10.2. The van der Waals surface area contributed by atoms with E-state index in [1.54, 1.807) is 0 Å². The van der Waals surface area contributed by atoms with Crippen LogP contribution in [0.25, 0.3) is 10.4 Å². The maximum absolute atomic E-state index is 11.7. The molecule has 4 nitrogen and oxygen atoms in total. The van der Waals surface area contributed by atoms with Gasteiger partial charge in [-0.15, -0.1) is 13.2 Å². The standard InChI is InChI=1S/C7H4F3N3O/c8-7(9,10)14-6-3-1-2-5(4-6)12-13-11/h1-4H. The lowest BCUT2D eigenvalue weighted by molar-refractivity contribution is -0.274. The van der Waals surface area contributed by atoms with Gasteiger partial charge in [0, 0.05) is 10.6 Å². The average molecular weight is 203 g/mol. The zero-order valence-corrected chi connectivity index (χ0v) is 6.69. The summed E-state index contributed by atoms with van der Waals surface area (Å²) in [6.07, 6.45) is -4.74. The molecule has 0 N–H and O–H groups in total. The van der Waals surface area contributed by atoms with Gasteiger partial charge in [-0.3, -0.25) is 0 Å². The predicted octanol–water partition coefficient (Wildman–Crippen LogP) is 3.53. The molecule has 0 unspecified atom stereocenters. The van der Waals surface area contributed by atoms with Crippen LogP contribution in [-0.2, 0) is 0 Å². The first-order valence-corrected chi connectivity index (χ1v) is 3.42. The van der Waals surface area contributed by atoms with Crippen LogP contribution >= 0.6 is 0 Å². The van der Waals surface area contributed by atoms with E-state index in [-0.39, 0.29) is 5.69 Å². The van der Waals surface area contributed by atoms with Crippen LogP contribution in [0.3, 0.4) is 0 Å². The summed E-state index contributed by atoms with van der Waals surface area (Å²) in [7, 11) is 0. The molecular formula is C7H4F3N3O. The highest BCUT2D eigenvalue weighted by molar-refractivity contribution is 5.42. The fourth-order valence-corrected chi connectivity index (χ4v) is 0.794. The van der Waals surface area contributed by atoms with Gasteiger partial charge in [0.05, 0.1) is 0 Å². The summed E-state index contributed by atoms with van der Waals surface area (Å²) in [5, 5.41) is 3.13. The van der Waals surface area contributed by atoms with E-state index in [0.717, 1.165) is 12.1 Å². The molecule has 0 fully saturated rings. The van der Waals surface area contributed by atoms with Crippen LogP contribution in [0.2, 0.25) is 0 Å². The molecule has 0 saturated heterocycles. The van der Waals surface area contributed by atoms with E-state index in [2.05, 4.69) is 14.8 Å². The van der Waals surface area contributed by atoms with Crippen molar-refractivity contribution in [1.82, 2.24) is 0 Å². The zero-order valence-electron chi connectivity index (χ0n) is 6.69. The number of hydrogen-bond donors (Lipinski definition) is 0. The van der Waals surface area contributed by atoms with Crippen LogP contribution in [0.15, 0.2) is 29.4 Å². The fraction of sp³-hybridized carbons (Fsp3) is 0.143. The van der Waals surface area contributed by atoms with Crippen molar-refractivity contribution in [3.63, 3.8) is 0 Å². The van der Waals surface area contributed by atoms with Gasteiger partial charge in [0.25, 0.3) is 0 Å². The molecule has 0 saturated carbocycles. The summed E-state index contributed by atoms with van der Waals surface area (Å²) in [5.41, 5.74) is 8.10. The normalized spacial score (nSPS) is 10.5. The van der Waals surface area contributed by atoms with Gasteiger partial charge in [-0.25, -0.2) is 0 Å². The maximum Gasteiger partial charge on any atom is 0.573 e. The molecule has 7 heteroatoms. The number of benzene rings is 1. The van der Waals surface area contributed by atoms with E-state index in [1.807, 2.05) is 0 Å². The molecular weight excluding hydrogens is 199 g/mol. The second-order valence-electron chi connectivity index (χ2n) is 2.23. The Hall–Kier alpha value is -1.88. The van der Waals surface area contributed by atoms with Gasteiger partial charge in [0.2, 0.25) is 0 Å². The van der Waals surface area contributed by atoms with Crippen LogP contribution in [0.4, 0.5) is 18.9 Å². The van der Waals surface area contributed by atoms with E-state index in [1.165, 1.54) is 12.1 Å². The lowest BCUT2D eigenvalue weighted by Crippen LogP contribution is -2.16. The van der Waals surface area contributed by atoms with Gasteiger partial charge in [0.15, 0.2) is 0 Å². The van der Waals surface area contributed by atoms with Crippen LogP contribution in [0.1, 0.15) is 0 Å². The molecule has 0 heterocycles. The molecule has 1 aromatic carbocycles. The van der Waals surface area contributed by atoms with Crippen molar-refractivity contribution in [2.75, 3.05) is 0 Å². The van der Waals surface area contributed by atoms with Crippen molar-refractivity contribution in [2.45, 2.75) is 6.36 Å². The molecule has 14 heavy (non-hydrogen) atoms. The van der Waals surface area contributed by atoms with Crippen molar-refractivity contribution in [1.29, 1.82) is 0 Å². The molecule has 0 aliphatic carbocycles. The number of alkyl halides is 3. The number of nitrogens with zero attached hydrogens (tertiary/aromatic N) is 3. The van der Waals surface area contributed by atoms with Crippen LogP contribution < -0.4 is 4.74 Å².